The van der Waals surface area contributed by atoms with Gasteiger partial charge in [-0.05, 0) is 36.4 Å². The van der Waals surface area contributed by atoms with Gasteiger partial charge in [-0.1, -0.05) is 0 Å². The maximum Gasteiger partial charge on any atom is 0.174 e. The molecule has 0 aliphatic rings. The van der Waals surface area contributed by atoms with Gasteiger partial charge in [-0.15, -0.1) is 0 Å². The van der Waals surface area contributed by atoms with Gasteiger partial charge in [-0.25, -0.2) is 0 Å². The summed E-state index contributed by atoms with van der Waals surface area (Å²) in [5, 5.41) is 9.82. The van der Waals surface area contributed by atoms with E-state index in [1.54, 1.807) is 30.3 Å². The Kier molecular flexibility index (Phi) is 4.78. The molecule has 5 heteroatoms. The first-order valence-corrected chi connectivity index (χ1v) is 6.62. The highest BCUT2D eigenvalue weighted by Gasteiger charge is 2.17. The highest BCUT2D eigenvalue weighted by atomic mass is 16.5. The first-order chi connectivity index (χ1) is 10.5. The zero-order chi connectivity index (χ0) is 16.1. The van der Waals surface area contributed by atoms with Crippen LogP contribution in [0.5, 0.6) is 17.2 Å². The molecular weight excluding hydrogens is 284 g/mol. The summed E-state index contributed by atoms with van der Waals surface area (Å²) >= 11 is 0. The van der Waals surface area contributed by atoms with Gasteiger partial charge in [0.15, 0.2) is 11.6 Å². The van der Waals surface area contributed by atoms with E-state index in [1.165, 1.54) is 26.4 Å². The molecule has 0 bridgehead atoms. The molecule has 0 radical (unpaired) electrons. The molecular formula is C17H16O5. The van der Waals surface area contributed by atoms with Gasteiger partial charge in [-0.2, -0.15) is 0 Å². The standard InChI is InChI=1S/C17H16O5/c1-21-12-5-3-11(4-6-12)15(18)10-17(20)14-8-7-13(22-2)9-16(14)19/h3-9,19H,10H2,1-2H3. The van der Waals surface area contributed by atoms with Gasteiger partial charge in [0.1, 0.15) is 17.2 Å². The number of phenols is 1. The van der Waals surface area contributed by atoms with Crippen molar-refractivity contribution in [3.05, 3.63) is 53.6 Å². The summed E-state index contributed by atoms with van der Waals surface area (Å²) in [7, 11) is 3.00. The molecule has 5 nitrogen and oxygen atoms in total. The van der Waals surface area contributed by atoms with Crippen LogP contribution < -0.4 is 9.47 Å². The normalized spacial score (nSPS) is 10.1. The fraction of sp³-hybridized carbons (Fsp3) is 0.176. The van der Waals surface area contributed by atoms with Crippen molar-refractivity contribution < 1.29 is 24.2 Å². The number of phenolic OH excluding ortho intramolecular Hbond substituents is 1. The maximum atomic E-state index is 12.1. The number of ketones is 2. The Morgan fingerprint density at radius 2 is 1.50 bits per heavy atom. The topological polar surface area (TPSA) is 72.8 Å². The van der Waals surface area contributed by atoms with E-state index in [0.29, 0.717) is 17.1 Å². The van der Waals surface area contributed by atoms with Crippen molar-refractivity contribution in [1.82, 2.24) is 0 Å². The third-order valence-electron chi connectivity index (χ3n) is 3.24. The Balaban J connectivity index is 2.12. The first-order valence-electron chi connectivity index (χ1n) is 6.62. The SMILES string of the molecule is COc1ccc(C(=O)CC(=O)c2ccc(OC)cc2O)cc1. The second-order valence-corrected chi connectivity index (χ2v) is 4.63. The largest absolute Gasteiger partial charge is 0.507 e. The minimum Gasteiger partial charge on any atom is -0.507 e. The molecule has 2 aromatic carbocycles. The van der Waals surface area contributed by atoms with E-state index in [-0.39, 0.29) is 23.5 Å². The van der Waals surface area contributed by atoms with Gasteiger partial charge in [0.05, 0.1) is 26.2 Å². The van der Waals surface area contributed by atoms with E-state index in [0.717, 1.165) is 0 Å². The molecule has 0 amide bonds. The van der Waals surface area contributed by atoms with E-state index >= 15 is 0 Å². The van der Waals surface area contributed by atoms with E-state index in [9.17, 15) is 14.7 Å². The Morgan fingerprint density at radius 1 is 0.909 bits per heavy atom. The molecule has 22 heavy (non-hydrogen) atoms. The molecule has 0 aromatic heterocycles. The van der Waals surface area contributed by atoms with Crippen LogP contribution in [0.3, 0.4) is 0 Å². The Hall–Kier alpha value is -2.82. The predicted molar refractivity (Wildman–Crippen MR) is 80.9 cm³/mol. The Labute approximate surface area is 128 Å². The van der Waals surface area contributed by atoms with E-state index in [4.69, 9.17) is 9.47 Å². The molecule has 1 N–H and O–H groups in total. The van der Waals surface area contributed by atoms with Crippen LogP contribution in [-0.4, -0.2) is 30.9 Å². The third-order valence-corrected chi connectivity index (χ3v) is 3.24. The summed E-state index contributed by atoms with van der Waals surface area (Å²) in [5.74, 6) is 0.113. The van der Waals surface area contributed by atoms with Crippen LogP contribution in [0.25, 0.3) is 0 Å². The summed E-state index contributed by atoms with van der Waals surface area (Å²) in [5.41, 5.74) is 0.518. The molecule has 0 unspecified atom stereocenters. The zero-order valence-electron chi connectivity index (χ0n) is 12.3. The van der Waals surface area contributed by atoms with Crippen LogP contribution in [0.2, 0.25) is 0 Å². The molecule has 0 saturated carbocycles. The average Bonchev–Trinajstić information content (AvgIpc) is 2.54. The van der Waals surface area contributed by atoms with Gasteiger partial charge in [0.2, 0.25) is 0 Å². The molecule has 0 fully saturated rings. The van der Waals surface area contributed by atoms with Gasteiger partial charge in [-0.3, -0.25) is 9.59 Å². The third kappa shape index (κ3) is 3.44. The van der Waals surface area contributed by atoms with E-state index < -0.39 is 5.78 Å². The van der Waals surface area contributed by atoms with Crippen molar-refractivity contribution >= 4 is 11.6 Å². The molecule has 2 rings (SSSR count). The van der Waals surface area contributed by atoms with Crippen molar-refractivity contribution in [2.75, 3.05) is 14.2 Å². The molecule has 0 aliphatic carbocycles. The Morgan fingerprint density at radius 3 is 2.05 bits per heavy atom. The number of aromatic hydroxyl groups is 1. The van der Waals surface area contributed by atoms with Gasteiger partial charge in [0, 0.05) is 11.6 Å². The molecule has 0 spiro atoms. The highest BCUT2D eigenvalue weighted by molar-refractivity contribution is 6.14. The summed E-state index contributed by atoms with van der Waals surface area (Å²) in [6, 6.07) is 10.9. The van der Waals surface area contributed by atoms with E-state index in [1.807, 2.05) is 0 Å². The van der Waals surface area contributed by atoms with Crippen molar-refractivity contribution in [1.29, 1.82) is 0 Å². The second-order valence-electron chi connectivity index (χ2n) is 4.63. The number of carbonyl (C=O) groups excluding carboxylic acids is 2. The van der Waals surface area contributed by atoms with Crippen LogP contribution in [0.4, 0.5) is 0 Å². The number of hydrogen-bond acceptors (Lipinski definition) is 5. The molecule has 0 heterocycles. The molecule has 2 aromatic rings. The van der Waals surface area contributed by atoms with Gasteiger partial charge < -0.3 is 14.6 Å². The van der Waals surface area contributed by atoms with Crippen molar-refractivity contribution in [2.24, 2.45) is 0 Å². The maximum absolute atomic E-state index is 12.1. The quantitative estimate of drug-likeness (QED) is 0.656. The number of carbonyl (C=O) groups is 2. The summed E-state index contributed by atoms with van der Waals surface area (Å²) in [6.45, 7) is 0. The molecule has 0 aliphatic heterocycles. The number of hydrogen-bond donors (Lipinski definition) is 1. The van der Waals surface area contributed by atoms with Gasteiger partial charge >= 0.3 is 0 Å². The van der Waals surface area contributed by atoms with Crippen LogP contribution in [-0.2, 0) is 0 Å². The fourth-order valence-corrected chi connectivity index (χ4v) is 1.99. The lowest BCUT2D eigenvalue weighted by Gasteiger charge is -2.06. The first kappa shape index (κ1) is 15.6. The van der Waals surface area contributed by atoms with Crippen molar-refractivity contribution in [3.63, 3.8) is 0 Å². The molecule has 0 saturated heterocycles. The average molecular weight is 300 g/mol. The molecule has 0 atom stereocenters. The lowest BCUT2D eigenvalue weighted by molar-refractivity contribution is 0.0893. The lowest BCUT2D eigenvalue weighted by Crippen LogP contribution is -2.09. The van der Waals surface area contributed by atoms with Gasteiger partial charge in [0.25, 0.3) is 0 Å². The minimum atomic E-state index is -0.444. The molecule has 114 valence electrons. The monoisotopic (exact) mass is 300 g/mol. The van der Waals surface area contributed by atoms with E-state index in [2.05, 4.69) is 0 Å². The van der Waals surface area contributed by atoms with Crippen molar-refractivity contribution in [2.45, 2.75) is 6.42 Å². The number of ether oxygens (including phenoxy) is 2. The fourth-order valence-electron chi connectivity index (χ4n) is 1.99. The lowest BCUT2D eigenvalue weighted by atomic mass is 10.0. The predicted octanol–water partition coefficient (Wildman–Crippen LogP) is 2.87. The number of methoxy groups -OCH3 is 2. The summed E-state index contributed by atoms with van der Waals surface area (Å²) < 4.78 is 9.97. The zero-order valence-corrected chi connectivity index (χ0v) is 12.3. The summed E-state index contributed by atoms with van der Waals surface area (Å²) in [4.78, 5) is 24.2. The minimum absolute atomic E-state index is 0.0997. The number of Topliss-reactive ketones (excluding diaryl/α,β-unsaturated/α-hetero) is 2. The number of rotatable bonds is 6. The highest BCUT2D eigenvalue weighted by Crippen LogP contribution is 2.25. The second kappa shape index (κ2) is 6.76. The van der Waals surface area contributed by atoms with Crippen LogP contribution in [0.1, 0.15) is 27.1 Å². The smallest absolute Gasteiger partial charge is 0.174 e. The van der Waals surface area contributed by atoms with Crippen LogP contribution >= 0.6 is 0 Å². The number of benzene rings is 2. The Bertz CT molecular complexity index is 689. The van der Waals surface area contributed by atoms with Crippen LogP contribution in [0, 0.1) is 0 Å². The summed E-state index contributed by atoms with van der Waals surface area (Å²) in [6.07, 6.45) is -0.313. The van der Waals surface area contributed by atoms with Crippen LogP contribution in [0.15, 0.2) is 42.5 Å². The van der Waals surface area contributed by atoms with Crippen molar-refractivity contribution in [3.8, 4) is 17.2 Å².